The second kappa shape index (κ2) is 11.5. The van der Waals surface area contributed by atoms with E-state index in [1.807, 2.05) is 6.07 Å². The maximum Gasteiger partial charge on any atom is 0.416 e. The number of benzene rings is 1. The van der Waals surface area contributed by atoms with Crippen LogP contribution in [0.25, 0.3) is 0 Å². The van der Waals surface area contributed by atoms with E-state index in [4.69, 9.17) is 9.47 Å². The first-order valence-electron chi connectivity index (χ1n) is 13.0. The standard InChI is InChI=1S/C29H36F3N3O3/c1-19(2)26-25-23(17-35(26)16-21-5-7-24(8-6-21)29(30,31)32)13-22(15-33-25)27(36)34-18-28(14-20(3)37-4)9-11-38-12-10-28/h5-8,13,15,19,26H,3,9-12,14,16-18H2,1-2,4H3,(H,34,36)/t26-/m0/s1. The summed E-state index contributed by atoms with van der Waals surface area (Å²) in [5.41, 5.74) is 2.37. The van der Waals surface area contributed by atoms with Crippen LogP contribution in [0.5, 0.6) is 0 Å². The van der Waals surface area contributed by atoms with Crippen molar-refractivity contribution in [3.63, 3.8) is 0 Å². The fourth-order valence-electron chi connectivity index (χ4n) is 5.53. The van der Waals surface area contributed by atoms with Crippen molar-refractivity contribution in [3.05, 3.63) is 76.8 Å². The highest BCUT2D eigenvalue weighted by molar-refractivity contribution is 5.94. The Kier molecular flexibility index (Phi) is 8.47. The average molecular weight is 532 g/mol. The first kappa shape index (κ1) is 28.1. The minimum absolute atomic E-state index is 0.00923. The predicted molar refractivity (Wildman–Crippen MR) is 138 cm³/mol. The van der Waals surface area contributed by atoms with Crippen molar-refractivity contribution in [1.82, 2.24) is 15.2 Å². The molecule has 2 aromatic rings. The number of fused-ring (bicyclic) bond motifs is 1. The molecule has 2 aliphatic heterocycles. The first-order chi connectivity index (χ1) is 18.0. The lowest BCUT2D eigenvalue weighted by Gasteiger charge is -2.37. The lowest BCUT2D eigenvalue weighted by molar-refractivity contribution is -0.137. The molecule has 1 atom stereocenters. The molecule has 1 fully saturated rings. The largest absolute Gasteiger partial charge is 0.502 e. The van der Waals surface area contributed by atoms with Crippen molar-refractivity contribution in [2.75, 3.05) is 26.9 Å². The highest BCUT2D eigenvalue weighted by Crippen LogP contribution is 2.39. The van der Waals surface area contributed by atoms with E-state index in [1.165, 1.54) is 12.1 Å². The topological polar surface area (TPSA) is 63.7 Å². The van der Waals surface area contributed by atoms with Crippen molar-refractivity contribution in [2.45, 2.75) is 58.4 Å². The molecule has 206 valence electrons. The summed E-state index contributed by atoms with van der Waals surface area (Å²) in [5.74, 6) is 0.741. The smallest absolute Gasteiger partial charge is 0.416 e. The van der Waals surface area contributed by atoms with Gasteiger partial charge in [0.1, 0.15) is 0 Å². The number of methoxy groups -OCH3 is 1. The Labute approximate surface area is 222 Å². The highest BCUT2D eigenvalue weighted by Gasteiger charge is 2.36. The maximum atomic E-state index is 13.1. The van der Waals surface area contributed by atoms with E-state index in [0.717, 1.165) is 41.8 Å². The van der Waals surface area contributed by atoms with Crippen LogP contribution in [0.4, 0.5) is 13.2 Å². The summed E-state index contributed by atoms with van der Waals surface area (Å²) in [4.78, 5) is 20.0. The number of amides is 1. The fourth-order valence-corrected chi connectivity index (χ4v) is 5.53. The molecule has 0 bridgehead atoms. The number of carbonyl (C=O) groups excluding carboxylic acids is 1. The summed E-state index contributed by atoms with van der Waals surface area (Å²) in [7, 11) is 1.61. The van der Waals surface area contributed by atoms with Gasteiger partial charge < -0.3 is 14.8 Å². The van der Waals surface area contributed by atoms with Gasteiger partial charge in [-0.15, -0.1) is 0 Å². The SMILES string of the molecule is C=C(CC1(CNC(=O)c2cnc3c(c2)CN(Cc2ccc(C(F)(F)F)cc2)[C@H]3C(C)C)CCOCC1)OC. The second-order valence-corrected chi connectivity index (χ2v) is 10.8. The molecule has 3 heterocycles. The van der Waals surface area contributed by atoms with Gasteiger partial charge in [-0.3, -0.25) is 14.7 Å². The molecule has 1 aromatic heterocycles. The zero-order chi connectivity index (χ0) is 27.5. The van der Waals surface area contributed by atoms with Gasteiger partial charge in [0.25, 0.3) is 5.91 Å². The van der Waals surface area contributed by atoms with Gasteiger partial charge in [0, 0.05) is 45.5 Å². The lowest BCUT2D eigenvalue weighted by atomic mass is 9.76. The number of carbonyl (C=O) groups is 1. The van der Waals surface area contributed by atoms with Crippen molar-refractivity contribution < 1.29 is 27.4 Å². The average Bonchev–Trinajstić information content (AvgIpc) is 3.24. The second-order valence-electron chi connectivity index (χ2n) is 10.8. The molecule has 6 nitrogen and oxygen atoms in total. The van der Waals surface area contributed by atoms with Gasteiger partial charge in [-0.25, -0.2) is 0 Å². The maximum absolute atomic E-state index is 13.1. The highest BCUT2D eigenvalue weighted by atomic mass is 19.4. The van der Waals surface area contributed by atoms with Crippen LogP contribution in [0, 0.1) is 11.3 Å². The van der Waals surface area contributed by atoms with E-state index in [1.54, 1.807) is 13.3 Å². The van der Waals surface area contributed by atoms with Crippen LogP contribution in [0.15, 0.2) is 48.9 Å². The van der Waals surface area contributed by atoms with Crippen LogP contribution in [-0.2, 0) is 28.7 Å². The first-order valence-corrected chi connectivity index (χ1v) is 13.0. The molecule has 0 saturated carbocycles. The van der Waals surface area contributed by atoms with Gasteiger partial charge in [-0.05, 0) is 53.5 Å². The van der Waals surface area contributed by atoms with Gasteiger partial charge in [0.15, 0.2) is 0 Å². The third-order valence-electron chi connectivity index (χ3n) is 7.65. The van der Waals surface area contributed by atoms with Gasteiger partial charge in [-0.2, -0.15) is 13.2 Å². The zero-order valence-corrected chi connectivity index (χ0v) is 22.2. The number of hydrogen-bond acceptors (Lipinski definition) is 5. The Bertz CT molecular complexity index is 1140. The Balaban J connectivity index is 1.46. The van der Waals surface area contributed by atoms with Crippen molar-refractivity contribution >= 4 is 5.91 Å². The molecule has 4 rings (SSSR count). The van der Waals surface area contributed by atoms with E-state index < -0.39 is 11.7 Å². The molecule has 2 aliphatic rings. The Morgan fingerprint density at radius 3 is 2.55 bits per heavy atom. The van der Waals surface area contributed by atoms with E-state index in [2.05, 4.69) is 35.6 Å². The number of pyridine rings is 1. The fraction of sp³-hybridized carbons (Fsp3) is 0.517. The van der Waals surface area contributed by atoms with Crippen LogP contribution >= 0.6 is 0 Å². The minimum Gasteiger partial charge on any atom is -0.502 e. The number of hydrogen-bond donors (Lipinski definition) is 1. The van der Waals surface area contributed by atoms with E-state index in [9.17, 15) is 18.0 Å². The minimum atomic E-state index is -4.36. The molecule has 1 aromatic carbocycles. The normalized spacial score (nSPS) is 19.3. The van der Waals surface area contributed by atoms with E-state index in [-0.39, 0.29) is 23.3 Å². The molecule has 0 spiro atoms. The van der Waals surface area contributed by atoms with E-state index >= 15 is 0 Å². The number of halogens is 3. The molecule has 0 aliphatic carbocycles. The summed E-state index contributed by atoms with van der Waals surface area (Å²) < 4.78 is 49.7. The molecule has 1 N–H and O–H groups in total. The molecule has 1 saturated heterocycles. The lowest BCUT2D eigenvalue weighted by Crippen LogP contribution is -2.41. The van der Waals surface area contributed by atoms with Gasteiger partial charge in [0.2, 0.25) is 0 Å². The monoisotopic (exact) mass is 531 g/mol. The van der Waals surface area contributed by atoms with Gasteiger partial charge in [-0.1, -0.05) is 32.6 Å². The van der Waals surface area contributed by atoms with Crippen LogP contribution in [0.2, 0.25) is 0 Å². The molecule has 0 radical (unpaired) electrons. The van der Waals surface area contributed by atoms with Gasteiger partial charge >= 0.3 is 6.18 Å². The Morgan fingerprint density at radius 1 is 1.26 bits per heavy atom. The number of allylic oxidation sites excluding steroid dienone is 1. The summed E-state index contributed by atoms with van der Waals surface area (Å²) in [6, 6.07) is 7.20. The van der Waals surface area contributed by atoms with Crippen LogP contribution in [0.3, 0.4) is 0 Å². The number of alkyl halides is 3. The zero-order valence-electron chi connectivity index (χ0n) is 22.2. The summed E-state index contributed by atoms with van der Waals surface area (Å²) in [5, 5.41) is 3.10. The summed E-state index contributed by atoms with van der Waals surface area (Å²) >= 11 is 0. The number of rotatable bonds is 9. The Morgan fingerprint density at radius 2 is 1.95 bits per heavy atom. The molecule has 9 heteroatoms. The van der Waals surface area contributed by atoms with Crippen LogP contribution in [-0.4, -0.2) is 42.7 Å². The molecular formula is C29H36F3N3O3. The molecule has 1 amide bonds. The van der Waals surface area contributed by atoms with Crippen LogP contribution in [0.1, 0.15) is 71.9 Å². The number of nitrogens with zero attached hydrogens (tertiary/aromatic N) is 2. The van der Waals surface area contributed by atoms with E-state index in [0.29, 0.717) is 50.6 Å². The van der Waals surface area contributed by atoms with Crippen LogP contribution < -0.4 is 5.32 Å². The predicted octanol–water partition coefficient (Wildman–Crippen LogP) is 5.89. The number of nitrogens with one attached hydrogen (secondary N) is 1. The third kappa shape index (κ3) is 6.38. The van der Waals surface area contributed by atoms with Crippen molar-refractivity contribution in [1.29, 1.82) is 0 Å². The van der Waals surface area contributed by atoms with Crippen molar-refractivity contribution in [2.24, 2.45) is 11.3 Å². The number of aromatic nitrogens is 1. The Hall–Kier alpha value is -2.91. The van der Waals surface area contributed by atoms with Gasteiger partial charge in [0.05, 0.1) is 35.7 Å². The summed E-state index contributed by atoms with van der Waals surface area (Å²) in [6.45, 7) is 11.0. The number of ether oxygens (including phenoxy) is 2. The molecular weight excluding hydrogens is 495 g/mol. The van der Waals surface area contributed by atoms with Crippen molar-refractivity contribution in [3.8, 4) is 0 Å². The third-order valence-corrected chi connectivity index (χ3v) is 7.65. The quantitative estimate of drug-likeness (QED) is 0.409. The molecule has 38 heavy (non-hydrogen) atoms. The summed E-state index contributed by atoms with van der Waals surface area (Å²) in [6.07, 6.45) is -0.452. The molecule has 0 unspecified atom stereocenters.